The fourth-order valence-electron chi connectivity index (χ4n) is 2.29. The Morgan fingerprint density at radius 2 is 1.83 bits per heavy atom. The quantitative estimate of drug-likeness (QED) is 0.262. The topological polar surface area (TPSA) is 85.6 Å². The molecule has 0 spiro atoms. The number of ether oxygens (including phenoxy) is 3. The van der Waals surface area contributed by atoms with Crippen LogP contribution in [0.4, 0.5) is 0 Å². The molecule has 0 fully saturated rings. The smallest absolute Gasteiger partial charge is 0.348 e. The van der Waals surface area contributed by atoms with Gasteiger partial charge in [-0.3, -0.25) is 0 Å². The van der Waals surface area contributed by atoms with E-state index >= 15 is 0 Å². The van der Waals surface area contributed by atoms with Crippen molar-refractivity contribution in [2.75, 3.05) is 13.2 Å². The van der Waals surface area contributed by atoms with Gasteiger partial charge in [0.15, 0.2) is 11.5 Å². The van der Waals surface area contributed by atoms with Gasteiger partial charge in [0, 0.05) is 5.02 Å². The van der Waals surface area contributed by atoms with Crippen LogP contribution in [-0.2, 0) is 9.53 Å². The molecule has 2 aromatic carbocycles. The molecular weight excluding hydrogens is 417 g/mol. The van der Waals surface area contributed by atoms with Gasteiger partial charge >= 0.3 is 11.9 Å². The van der Waals surface area contributed by atoms with Crippen LogP contribution in [0.3, 0.4) is 0 Å². The molecule has 0 atom stereocenters. The van der Waals surface area contributed by atoms with E-state index in [1.54, 1.807) is 32.0 Å². The van der Waals surface area contributed by atoms with Crippen LogP contribution in [-0.4, -0.2) is 25.2 Å². The molecule has 150 valence electrons. The van der Waals surface area contributed by atoms with E-state index in [0.717, 1.165) is 0 Å². The summed E-state index contributed by atoms with van der Waals surface area (Å²) in [5, 5.41) is 9.72. The molecule has 0 amide bonds. The van der Waals surface area contributed by atoms with Gasteiger partial charge in [0.1, 0.15) is 11.6 Å². The standard InChI is InChI=1S/C21H17Cl2NO5/c1-3-27-19-10-13(9-14(12-24)20(25)28-4-2)5-8-18(19)29-21(26)16-7-6-15(22)11-17(16)23/h5-11H,3-4H2,1-2H3/b14-9+. The maximum Gasteiger partial charge on any atom is 0.348 e. The first-order valence-electron chi connectivity index (χ1n) is 8.62. The Balaban J connectivity index is 2.33. The molecule has 0 aliphatic rings. The zero-order chi connectivity index (χ0) is 21.4. The molecule has 0 unspecified atom stereocenters. The minimum absolute atomic E-state index is 0.150. The van der Waals surface area contributed by atoms with E-state index in [9.17, 15) is 9.59 Å². The van der Waals surface area contributed by atoms with Crippen LogP contribution in [0.2, 0.25) is 10.0 Å². The lowest BCUT2D eigenvalue weighted by atomic mass is 10.1. The van der Waals surface area contributed by atoms with Gasteiger partial charge in [-0.25, -0.2) is 9.59 Å². The molecule has 0 aliphatic carbocycles. The molecule has 6 nitrogen and oxygen atoms in total. The second-order valence-electron chi connectivity index (χ2n) is 5.54. The van der Waals surface area contributed by atoms with Gasteiger partial charge in [-0.2, -0.15) is 5.26 Å². The van der Waals surface area contributed by atoms with E-state index in [1.165, 1.54) is 30.3 Å². The number of hydrogen-bond acceptors (Lipinski definition) is 6. The second-order valence-corrected chi connectivity index (χ2v) is 6.39. The SMILES string of the molecule is CCOC(=O)/C(C#N)=C/c1ccc(OC(=O)c2ccc(Cl)cc2Cl)c(OCC)c1. The van der Waals surface area contributed by atoms with Crippen molar-refractivity contribution in [2.45, 2.75) is 13.8 Å². The molecule has 8 heteroatoms. The van der Waals surface area contributed by atoms with Gasteiger partial charge in [0.05, 0.1) is 23.8 Å². The number of esters is 2. The van der Waals surface area contributed by atoms with Crippen molar-refractivity contribution >= 4 is 41.2 Å². The molecule has 0 heterocycles. The first kappa shape index (κ1) is 22.3. The Kier molecular flexibility index (Phi) is 8.08. The highest BCUT2D eigenvalue weighted by molar-refractivity contribution is 6.36. The maximum atomic E-state index is 12.5. The predicted octanol–water partition coefficient (Wildman–Crippen LogP) is 5.08. The third-order valence-corrected chi connectivity index (χ3v) is 4.10. The summed E-state index contributed by atoms with van der Waals surface area (Å²) in [5.41, 5.74) is 0.492. The average molecular weight is 434 g/mol. The molecule has 0 bridgehead atoms. The Bertz CT molecular complexity index is 995. The molecule has 0 saturated heterocycles. The van der Waals surface area contributed by atoms with E-state index in [-0.39, 0.29) is 34.3 Å². The summed E-state index contributed by atoms with van der Waals surface area (Å²) in [4.78, 5) is 24.2. The summed E-state index contributed by atoms with van der Waals surface area (Å²) >= 11 is 11.9. The third kappa shape index (κ3) is 5.98. The molecule has 2 rings (SSSR count). The van der Waals surface area contributed by atoms with E-state index in [0.29, 0.717) is 17.2 Å². The van der Waals surface area contributed by atoms with Crippen molar-refractivity contribution in [3.05, 3.63) is 63.1 Å². The largest absolute Gasteiger partial charge is 0.490 e. The Morgan fingerprint density at radius 1 is 1.07 bits per heavy atom. The van der Waals surface area contributed by atoms with Gasteiger partial charge in [-0.15, -0.1) is 0 Å². The Hall–Kier alpha value is -3.01. The van der Waals surface area contributed by atoms with Gasteiger partial charge in [0.25, 0.3) is 0 Å². The predicted molar refractivity (Wildman–Crippen MR) is 109 cm³/mol. The number of halogens is 2. The zero-order valence-electron chi connectivity index (χ0n) is 15.7. The van der Waals surface area contributed by atoms with Crippen LogP contribution in [0.25, 0.3) is 6.08 Å². The highest BCUT2D eigenvalue weighted by atomic mass is 35.5. The number of carbonyl (C=O) groups is 2. The van der Waals surface area contributed by atoms with Crippen molar-refractivity contribution in [3.63, 3.8) is 0 Å². The number of benzene rings is 2. The van der Waals surface area contributed by atoms with Gasteiger partial charge in [-0.05, 0) is 55.8 Å². The number of nitrogens with zero attached hydrogens (tertiary/aromatic N) is 1. The fraction of sp³-hybridized carbons (Fsp3) is 0.190. The van der Waals surface area contributed by atoms with Gasteiger partial charge in [-0.1, -0.05) is 29.3 Å². The highest BCUT2D eigenvalue weighted by Crippen LogP contribution is 2.31. The Labute approximate surface area is 178 Å². The first-order chi connectivity index (χ1) is 13.9. The summed E-state index contributed by atoms with van der Waals surface area (Å²) in [7, 11) is 0. The van der Waals surface area contributed by atoms with Crippen molar-refractivity contribution < 1.29 is 23.8 Å². The normalized spacial score (nSPS) is 10.8. The number of hydrogen-bond donors (Lipinski definition) is 0. The first-order valence-corrected chi connectivity index (χ1v) is 9.38. The van der Waals surface area contributed by atoms with Crippen molar-refractivity contribution in [1.29, 1.82) is 5.26 Å². The molecule has 29 heavy (non-hydrogen) atoms. The number of rotatable bonds is 7. The molecule has 0 radical (unpaired) electrons. The molecule has 0 aromatic heterocycles. The van der Waals surface area contributed by atoms with E-state index < -0.39 is 11.9 Å². The minimum Gasteiger partial charge on any atom is -0.490 e. The summed E-state index contributed by atoms with van der Waals surface area (Å²) in [6.45, 7) is 3.88. The van der Waals surface area contributed by atoms with Crippen LogP contribution in [0.5, 0.6) is 11.5 Å². The molecule has 0 aliphatic heterocycles. The number of carbonyl (C=O) groups excluding carboxylic acids is 2. The van der Waals surface area contributed by atoms with Gasteiger partial charge < -0.3 is 14.2 Å². The van der Waals surface area contributed by atoms with Crippen LogP contribution in [0.1, 0.15) is 29.8 Å². The minimum atomic E-state index is -0.721. The lowest BCUT2D eigenvalue weighted by Crippen LogP contribution is -2.10. The molecule has 2 aromatic rings. The summed E-state index contributed by atoms with van der Waals surface area (Å²) in [5.74, 6) is -0.975. The molecule has 0 saturated carbocycles. The van der Waals surface area contributed by atoms with E-state index in [1.807, 2.05) is 0 Å². The van der Waals surface area contributed by atoms with Crippen molar-refractivity contribution in [1.82, 2.24) is 0 Å². The lowest BCUT2D eigenvalue weighted by Gasteiger charge is -2.12. The van der Waals surface area contributed by atoms with Crippen LogP contribution < -0.4 is 9.47 Å². The summed E-state index contributed by atoms with van der Waals surface area (Å²) < 4.78 is 15.8. The van der Waals surface area contributed by atoms with Crippen LogP contribution in [0, 0.1) is 11.3 Å². The van der Waals surface area contributed by atoms with E-state index in [4.69, 9.17) is 42.7 Å². The maximum absolute atomic E-state index is 12.5. The summed E-state index contributed by atoms with van der Waals surface area (Å²) in [6.07, 6.45) is 1.36. The van der Waals surface area contributed by atoms with Crippen LogP contribution in [0.15, 0.2) is 42.0 Å². The lowest BCUT2D eigenvalue weighted by molar-refractivity contribution is -0.137. The van der Waals surface area contributed by atoms with E-state index in [2.05, 4.69) is 0 Å². The average Bonchev–Trinajstić information content (AvgIpc) is 2.68. The molecule has 0 N–H and O–H groups in total. The highest BCUT2D eigenvalue weighted by Gasteiger charge is 2.17. The van der Waals surface area contributed by atoms with Crippen LogP contribution >= 0.6 is 23.2 Å². The Morgan fingerprint density at radius 3 is 2.45 bits per heavy atom. The monoisotopic (exact) mass is 433 g/mol. The number of nitriles is 1. The zero-order valence-corrected chi connectivity index (χ0v) is 17.2. The molecular formula is C21H17Cl2NO5. The summed E-state index contributed by atoms with van der Waals surface area (Å²) in [6, 6.07) is 10.9. The van der Waals surface area contributed by atoms with Crippen molar-refractivity contribution in [2.24, 2.45) is 0 Å². The third-order valence-electron chi connectivity index (χ3n) is 3.55. The van der Waals surface area contributed by atoms with Crippen molar-refractivity contribution in [3.8, 4) is 17.6 Å². The second kappa shape index (κ2) is 10.5. The van der Waals surface area contributed by atoms with Gasteiger partial charge in [0.2, 0.25) is 0 Å². The fourth-order valence-corrected chi connectivity index (χ4v) is 2.77.